The van der Waals surface area contributed by atoms with Crippen LogP contribution in [0.25, 0.3) is 0 Å². The molecule has 0 amide bonds. The predicted octanol–water partition coefficient (Wildman–Crippen LogP) is 3.01. The molecular weight excluding hydrogens is 322 g/mol. The van der Waals surface area contributed by atoms with Crippen LogP contribution in [0.5, 0.6) is 5.75 Å². The third-order valence-electron chi connectivity index (χ3n) is 4.95. The standard InChI is InChI=1S/C15H18BrNO3/c1-15-6-4-3-5-9(15)7-17-8-10(16)12(18)13(20-2)11(17)14(15)19/h8-9H,3-7H2,1-2H3/t9-,15-/m0/s1. The first-order valence-electron chi connectivity index (χ1n) is 7.01. The van der Waals surface area contributed by atoms with Crippen molar-refractivity contribution in [3.8, 4) is 5.75 Å². The van der Waals surface area contributed by atoms with E-state index < -0.39 is 0 Å². The summed E-state index contributed by atoms with van der Waals surface area (Å²) in [7, 11) is 1.45. The highest BCUT2D eigenvalue weighted by atomic mass is 79.9. The van der Waals surface area contributed by atoms with Crippen LogP contribution < -0.4 is 10.2 Å². The number of hydrogen-bond acceptors (Lipinski definition) is 3. The Morgan fingerprint density at radius 3 is 2.85 bits per heavy atom. The molecule has 2 heterocycles. The molecular formula is C15H18BrNO3. The molecule has 0 aromatic carbocycles. The van der Waals surface area contributed by atoms with Crippen molar-refractivity contribution in [2.75, 3.05) is 7.11 Å². The number of fused-ring (bicyclic) bond motifs is 2. The zero-order valence-electron chi connectivity index (χ0n) is 11.7. The van der Waals surface area contributed by atoms with E-state index in [4.69, 9.17) is 4.74 Å². The molecule has 1 aromatic heterocycles. The number of carbonyl (C=O) groups excluding carboxylic acids is 1. The average Bonchev–Trinajstić information content (AvgIpc) is 2.43. The van der Waals surface area contributed by atoms with E-state index in [1.165, 1.54) is 13.5 Å². The third kappa shape index (κ3) is 1.79. The lowest BCUT2D eigenvalue weighted by Crippen LogP contribution is -2.46. The number of rotatable bonds is 1. The molecule has 5 heteroatoms. The van der Waals surface area contributed by atoms with Gasteiger partial charge in [-0.05, 0) is 34.7 Å². The molecule has 1 aliphatic carbocycles. The second-order valence-electron chi connectivity index (χ2n) is 6.03. The number of pyridine rings is 1. The first kappa shape index (κ1) is 13.9. The lowest BCUT2D eigenvalue weighted by atomic mass is 9.62. The molecule has 108 valence electrons. The summed E-state index contributed by atoms with van der Waals surface area (Å²) in [6, 6.07) is 0. The molecule has 0 saturated heterocycles. The highest BCUT2D eigenvalue weighted by Gasteiger charge is 2.48. The molecule has 0 unspecified atom stereocenters. The lowest BCUT2D eigenvalue weighted by molar-refractivity contribution is 0.0455. The maximum absolute atomic E-state index is 13.0. The fourth-order valence-corrected chi connectivity index (χ4v) is 4.11. The Hall–Kier alpha value is -1.10. The van der Waals surface area contributed by atoms with Gasteiger partial charge < -0.3 is 9.30 Å². The van der Waals surface area contributed by atoms with Crippen molar-refractivity contribution in [3.63, 3.8) is 0 Å². The highest BCUT2D eigenvalue weighted by Crippen LogP contribution is 2.48. The summed E-state index contributed by atoms with van der Waals surface area (Å²) in [6.45, 7) is 2.83. The minimum Gasteiger partial charge on any atom is -0.491 e. The predicted molar refractivity (Wildman–Crippen MR) is 79.3 cm³/mol. The summed E-state index contributed by atoms with van der Waals surface area (Å²) in [5, 5.41) is 0. The van der Waals surface area contributed by atoms with Gasteiger partial charge in [-0.25, -0.2) is 0 Å². The maximum atomic E-state index is 13.0. The Morgan fingerprint density at radius 2 is 2.15 bits per heavy atom. The number of halogens is 1. The van der Waals surface area contributed by atoms with Crippen molar-refractivity contribution in [2.45, 2.75) is 39.2 Å². The molecule has 1 aliphatic heterocycles. The third-order valence-corrected chi connectivity index (χ3v) is 5.51. The molecule has 4 nitrogen and oxygen atoms in total. The molecule has 1 fully saturated rings. The van der Waals surface area contributed by atoms with E-state index in [9.17, 15) is 9.59 Å². The van der Waals surface area contributed by atoms with Crippen LogP contribution in [0.4, 0.5) is 0 Å². The molecule has 0 spiro atoms. The zero-order chi connectivity index (χ0) is 14.5. The van der Waals surface area contributed by atoms with Crippen LogP contribution in [0, 0.1) is 11.3 Å². The Bertz CT molecular complexity index is 637. The smallest absolute Gasteiger partial charge is 0.238 e. The van der Waals surface area contributed by atoms with Crippen molar-refractivity contribution < 1.29 is 9.53 Å². The summed E-state index contributed by atoms with van der Waals surface area (Å²) < 4.78 is 7.58. The van der Waals surface area contributed by atoms with Crippen LogP contribution >= 0.6 is 15.9 Å². The average molecular weight is 340 g/mol. The number of ether oxygens (including phenoxy) is 1. The summed E-state index contributed by atoms with van der Waals surface area (Å²) in [6.07, 6.45) is 5.98. The Labute approximate surface area is 126 Å². The summed E-state index contributed by atoms with van der Waals surface area (Å²) in [4.78, 5) is 25.1. The fourth-order valence-electron chi connectivity index (χ4n) is 3.68. The van der Waals surface area contributed by atoms with Crippen LogP contribution in [0.15, 0.2) is 15.5 Å². The van der Waals surface area contributed by atoms with Gasteiger partial charge in [0.05, 0.1) is 11.6 Å². The van der Waals surface area contributed by atoms with Gasteiger partial charge >= 0.3 is 0 Å². The second kappa shape index (κ2) is 4.72. The van der Waals surface area contributed by atoms with Gasteiger partial charge in [0.25, 0.3) is 0 Å². The van der Waals surface area contributed by atoms with Crippen LogP contribution in [-0.4, -0.2) is 17.5 Å². The Balaban J connectivity index is 2.23. The number of hydrogen-bond donors (Lipinski definition) is 0. The number of carbonyl (C=O) groups is 1. The molecule has 20 heavy (non-hydrogen) atoms. The zero-order valence-corrected chi connectivity index (χ0v) is 13.3. The maximum Gasteiger partial charge on any atom is 0.238 e. The van der Waals surface area contributed by atoms with Crippen molar-refractivity contribution in [1.82, 2.24) is 4.57 Å². The number of nitrogens with zero attached hydrogens (tertiary/aromatic N) is 1. The second-order valence-corrected chi connectivity index (χ2v) is 6.88. The van der Waals surface area contributed by atoms with E-state index >= 15 is 0 Å². The van der Waals surface area contributed by atoms with Crippen LogP contribution in [-0.2, 0) is 6.54 Å². The number of ketones is 1. The van der Waals surface area contributed by atoms with Gasteiger partial charge in [-0.2, -0.15) is 0 Å². The van der Waals surface area contributed by atoms with Gasteiger partial charge in [-0.1, -0.05) is 19.8 Å². The van der Waals surface area contributed by atoms with Crippen LogP contribution in [0.2, 0.25) is 0 Å². The SMILES string of the molecule is COc1c2n(cc(Br)c1=O)C[C@@H]1CCCC[C@]1(C)C2=O. The highest BCUT2D eigenvalue weighted by molar-refractivity contribution is 9.10. The van der Waals surface area contributed by atoms with E-state index in [0.29, 0.717) is 16.1 Å². The Morgan fingerprint density at radius 1 is 1.40 bits per heavy atom. The molecule has 0 radical (unpaired) electrons. The van der Waals surface area contributed by atoms with E-state index in [1.54, 1.807) is 6.20 Å². The molecule has 2 aliphatic rings. The largest absolute Gasteiger partial charge is 0.491 e. The number of Topliss-reactive ketones (excluding diaryl/α,β-unsaturated/α-hetero) is 1. The van der Waals surface area contributed by atoms with Crippen molar-refractivity contribution in [1.29, 1.82) is 0 Å². The van der Waals surface area contributed by atoms with Crippen molar-refractivity contribution in [2.24, 2.45) is 11.3 Å². The minimum absolute atomic E-state index is 0.0647. The van der Waals surface area contributed by atoms with Gasteiger partial charge in [-0.15, -0.1) is 0 Å². The van der Waals surface area contributed by atoms with Crippen molar-refractivity contribution >= 4 is 21.7 Å². The molecule has 1 aromatic rings. The summed E-state index contributed by atoms with van der Waals surface area (Å²) in [5.74, 6) is 0.597. The molecule has 0 N–H and O–H groups in total. The van der Waals surface area contributed by atoms with E-state index in [-0.39, 0.29) is 22.4 Å². The molecule has 1 saturated carbocycles. The van der Waals surface area contributed by atoms with Crippen LogP contribution in [0.3, 0.4) is 0 Å². The monoisotopic (exact) mass is 339 g/mol. The molecule has 0 bridgehead atoms. The Kier molecular flexibility index (Phi) is 3.27. The molecule has 3 rings (SSSR count). The fraction of sp³-hybridized carbons (Fsp3) is 0.600. The van der Waals surface area contributed by atoms with Crippen molar-refractivity contribution in [3.05, 3.63) is 26.6 Å². The first-order chi connectivity index (χ1) is 9.49. The lowest BCUT2D eigenvalue weighted by Gasteiger charge is -2.44. The number of methoxy groups -OCH3 is 1. The first-order valence-corrected chi connectivity index (χ1v) is 7.80. The van der Waals surface area contributed by atoms with E-state index in [0.717, 1.165) is 25.8 Å². The van der Waals surface area contributed by atoms with Gasteiger partial charge in [-0.3, -0.25) is 9.59 Å². The minimum atomic E-state index is -0.341. The van der Waals surface area contributed by atoms with E-state index in [2.05, 4.69) is 22.9 Å². The summed E-state index contributed by atoms with van der Waals surface area (Å²) >= 11 is 3.26. The normalized spacial score (nSPS) is 28.8. The van der Waals surface area contributed by atoms with Gasteiger partial charge in [0, 0.05) is 18.2 Å². The quantitative estimate of drug-likeness (QED) is 0.790. The van der Waals surface area contributed by atoms with Crippen LogP contribution in [0.1, 0.15) is 43.1 Å². The molecule has 2 atom stereocenters. The van der Waals surface area contributed by atoms with Gasteiger partial charge in [0.2, 0.25) is 5.43 Å². The van der Waals surface area contributed by atoms with Gasteiger partial charge in [0.15, 0.2) is 11.5 Å². The number of aromatic nitrogens is 1. The van der Waals surface area contributed by atoms with E-state index in [1.807, 2.05) is 4.57 Å². The summed E-state index contributed by atoms with van der Waals surface area (Å²) in [5.41, 5.74) is -0.141. The van der Waals surface area contributed by atoms with Gasteiger partial charge in [0.1, 0.15) is 5.69 Å². The topological polar surface area (TPSA) is 48.3 Å².